The number of rotatable bonds is 6. The molecule has 2 atom stereocenters. The quantitative estimate of drug-likeness (QED) is 0.619. The normalized spacial score (nSPS) is 13.6. The first kappa shape index (κ1) is 16.5. The second-order valence-corrected chi connectivity index (χ2v) is 6.57. The molecule has 1 aromatic rings. The Bertz CT molecular complexity index is 517. The molecule has 0 saturated carbocycles. The zero-order valence-corrected chi connectivity index (χ0v) is 13.2. The van der Waals surface area contributed by atoms with Gasteiger partial charge < -0.3 is 15.8 Å². The Morgan fingerprint density at radius 3 is 2.70 bits per heavy atom. The molecule has 112 valence electrons. The molecule has 0 aliphatic heterocycles. The number of nitrogen functional groups attached to an aromatic ring is 1. The minimum absolute atomic E-state index is 0.137. The van der Waals surface area contributed by atoms with Crippen molar-refractivity contribution in [3.8, 4) is 0 Å². The van der Waals surface area contributed by atoms with Gasteiger partial charge >= 0.3 is 5.97 Å². The molecule has 0 fully saturated rings. The minimum atomic E-state index is -0.824. The predicted octanol–water partition coefficient (Wildman–Crippen LogP) is 1.93. The van der Waals surface area contributed by atoms with E-state index in [9.17, 15) is 9.00 Å². The minimum Gasteiger partial charge on any atom is -0.465 e. The van der Waals surface area contributed by atoms with Gasteiger partial charge in [-0.05, 0) is 31.0 Å². The van der Waals surface area contributed by atoms with Gasteiger partial charge in [-0.3, -0.25) is 4.21 Å². The molecule has 5 nitrogen and oxygen atoms in total. The van der Waals surface area contributed by atoms with E-state index < -0.39 is 16.8 Å². The molecule has 1 rings (SSSR count). The van der Waals surface area contributed by atoms with Gasteiger partial charge in [-0.15, -0.1) is 0 Å². The molecule has 0 radical (unpaired) electrons. The molecular formula is C14H22N2O3S. The third-order valence-electron chi connectivity index (χ3n) is 3.24. The highest BCUT2D eigenvalue weighted by atomic mass is 32.2. The molecule has 0 bridgehead atoms. The Kier molecular flexibility index (Phi) is 6.01. The van der Waals surface area contributed by atoms with Crippen LogP contribution in [0.25, 0.3) is 0 Å². The number of hydrogen-bond donors (Lipinski definition) is 2. The molecule has 1 aromatic carbocycles. The lowest BCUT2D eigenvalue weighted by Gasteiger charge is -2.13. The molecule has 2 unspecified atom stereocenters. The molecule has 20 heavy (non-hydrogen) atoms. The Morgan fingerprint density at radius 2 is 2.15 bits per heavy atom. The molecule has 0 aliphatic carbocycles. The van der Waals surface area contributed by atoms with E-state index in [1.165, 1.54) is 7.11 Å². The number of ether oxygens (including phenoxy) is 1. The number of carbonyl (C=O) groups is 1. The lowest BCUT2D eigenvalue weighted by atomic mass is 10.1. The highest BCUT2D eigenvalue weighted by Gasteiger charge is 2.13. The van der Waals surface area contributed by atoms with Crippen LogP contribution in [-0.4, -0.2) is 35.3 Å². The van der Waals surface area contributed by atoms with Gasteiger partial charge in [0.25, 0.3) is 0 Å². The van der Waals surface area contributed by atoms with Crippen LogP contribution in [0.4, 0.5) is 11.4 Å². The van der Waals surface area contributed by atoms with Gasteiger partial charge in [0.1, 0.15) is 0 Å². The van der Waals surface area contributed by atoms with Crippen LogP contribution in [-0.2, 0) is 15.5 Å². The second-order valence-electron chi connectivity index (χ2n) is 4.77. The molecule has 0 amide bonds. The molecule has 0 aromatic heterocycles. The van der Waals surface area contributed by atoms with Gasteiger partial charge in [0.2, 0.25) is 0 Å². The summed E-state index contributed by atoms with van der Waals surface area (Å²) in [5, 5.41) is 3.36. The van der Waals surface area contributed by atoms with Gasteiger partial charge in [0, 0.05) is 40.2 Å². The number of esters is 1. The summed E-state index contributed by atoms with van der Waals surface area (Å²) in [5.74, 6) is -0.447. The Balaban J connectivity index is 2.79. The number of hydrogen-bond acceptors (Lipinski definition) is 5. The van der Waals surface area contributed by atoms with E-state index in [2.05, 4.69) is 5.32 Å². The van der Waals surface area contributed by atoms with Crippen LogP contribution >= 0.6 is 0 Å². The number of nitrogens with two attached hydrogens (primary N) is 1. The fourth-order valence-electron chi connectivity index (χ4n) is 1.76. The number of carbonyl (C=O) groups excluding carboxylic acids is 1. The van der Waals surface area contributed by atoms with Crippen molar-refractivity contribution in [1.82, 2.24) is 0 Å². The lowest BCUT2D eigenvalue weighted by Crippen LogP contribution is -2.15. The molecule has 0 saturated heterocycles. The summed E-state index contributed by atoms with van der Waals surface area (Å²) in [7, 11) is 0.505. The van der Waals surface area contributed by atoms with Crippen molar-refractivity contribution in [1.29, 1.82) is 0 Å². The van der Waals surface area contributed by atoms with Crippen LogP contribution in [0.2, 0.25) is 0 Å². The summed E-state index contributed by atoms with van der Waals surface area (Å²) in [6.07, 6.45) is 2.49. The van der Waals surface area contributed by atoms with Gasteiger partial charge in [0.05, 0.1) is 12.7 Å². The van der Waals surface area contributed by atoms with Crippen molar-refractivity contribution in [3.63, 3.8) is 0 Å². The first-order valence-electron chi connectivity index (χ1n) is 6.41. The average molecular weight is 298 g/mol. The Labute approximate surface area is 122 Å². The number of aryl methyl sites for hydroxylation is 1. The monoisotopic (exact) mass is 298 g/mol. The van der Waals surface area contributed by atoms with Gasteiger partial charge in [-0.1, -0.05) is 6.92 Å². The molecule has 0 spiro atoms. The van der Waals surface area contributed by atoms with Crippen molar-refractivity contribution in [2.75, 3.05) is 31.0 Å². The summed E-state index contributed by atoms with van der Waals surface area (Å²) in [6, 6.07) is 3.57. The van der Waals surface area contributed by atoms with E-state index >= 15 is 0 Å². The zero-order valence-electron chi connectivity index (χ0n) is 12.4. The Hall–Kier alpha value is -1.56. The van der Waals surface area contributed by atoms with E-state index in [1.807, 2.05) is 19.9 Å². The Morgan fingerprint density at radius 1 is 1.50 bits per heavy atom. The predicted molar refractivity (Wildman–Crippen MR) is 83.6 cm³/mol. The smallest absolute Gasteiger partial charge is 0.340 e. The summed E-state index contributed by atoms with van der Waals surface area (Å²) in [6.45, 7) is 4.48. The molecule has 0 aliphatic rings. The third-order valence-corrected chi connectivity index (χ3v) is 4.61. The summed E-state index contributed by atoms with van der Waals surface area (Å²) in [4.78, 5) is 11.6. The maximum absolute atomic E-state index is 11.6. The van der Waals surface area contributed by atoms with Gasteiger partial charge in [0.15, 0.2) is 0 Å². The average Bonchev–Trinajstić information content (AvgIpc) is 2.41. The first-order valence-corrected chi connectivity index (χ1v) is 8.03. The lowest BCUT2D eigenvalue weighted by molar-refractivity contribution is 0.0602. The SMILES string of the molecule is COC(=O)c1cc(NCCC(C)S(C)=O)cc(C)c1N. The van der Waals surface area contributed by atoms with Crippen molar-refractivity contribution in [2.45, 2.75) is 25.5 Å². The van der Waals surface area contributed by atoms with E-state index in [0.717, 1.165) is 17.7 Å². The van der Waals surface area contributed by atoms with E-state index in [4.69, 9.17) is 10.5 Å². The van der Waals surface area contributed by atoms with Crippen molar-refractivity contribution < 1.29 is 13.7 Å². The standard InChI is InChI=1S/C14H22N2O3S/c1-9-7-11(16-6-5-10(2)20(4)18)8-12(13(9)15)14(17)19-3/h7-8,10,16H,5-6,15H2,1-4H3. The van der Waals surface area contributed by atoms with Crippen molar-refractivity contribution in [2.24, 2.45) is 0 Å². The number of benzene rings is 1. The molecule has 0 heterocycles. The fraction of sp³-hybridized carbons (Fsp3) is 0.500. The van der Waals surface area contributed by atoms with E-state index in [0.29, 0.717) is 17.8 Å². The van der Waals surface area contributed by atoms with Gasteiger partial charge in [-0.25, -0.2) is 4.79 Å². The van der Waals surface area contributed by atoms with Crippen LogP contribution in [0.5, 0.6) is 0 Å². The van der Waals surface area contributed by atoms with Crippen molar-refractivity contribution >= 4 is 28.1 Å². The third kappa shape index (κ3) is 4.23. The molecule has 3 N–H and O–H groups in total. The van der Waals surface area contributed by atoms with Crippen LogP contribution in [0.1, 0.15) is 29.3 Å². The molecule has 6 heteroatoms. The highest BCUT2D eigenvalue weighted by molar-refractivity contribution is 7.84. The first-order chi connectivity index (χ1) is 9.36. The number of nitrogens with one attached hydrogen (secondary N) is 1. The largest absolute Gasteiger partial charge is 0.465 e. The van der Waals surface area contributed by atoms with Crippen LogP contribution in [0.3, 0.4) is 0 Å². The number of anilines is 2. The summed E-state index contributed by atoms with van der Waals surface area (Å²) < 4.78 is 16.0. The highest BCUT2D eigenvalue weighted by Crippen LogP contribution is 2.23. The van der Waals surface area contributed by atoms with Crippen molar-refractivity contribution in [3.05, 3.63) is 23.3 Å². The van der Waals surface area contributed by atoms with Gasteiger partial charge in [-0.2, -0.15) is 0 Å². The van der Waals surface area contributed by atoms with Crippen LogP contribution in [0.15, 0.2) is 12.1 Å². The summed E-state index contributed by atoms with van der Waals surface area (Å²) >= 11 is 0. The molecular weight excluding hydrogens is 276 g/mol. The maximum atomic E-state index is 11.6. The second kappa shape index (κ2) is 7.28. The maximum Gasteiger partial charge on any atom is 0.340 e. The zero-order chi connectivity index (χ0) is 15.3. The van der Waals surface area contributed by atoms with E-state index in [1.54, 1.807) is 12.3 Å². The number of methoxy groups -OCH3 is 1. The summed E-state index contributed by atoms with van der Waals surface area (Å²) in [5.41, 5.74) is 8.31. The topological polar surface area (TPSA) is 81.4 Å². The van der Waals surface area contributed by atoms with E-state index in [-0.39, 0.29) is 5.25 Å². The van der Waals surface area contributed by atoms with Crippen LogP contribution in [0, 0.1) is 6.92 Å². The van der Waals surface area contributed by atoms with Crippen LogP contribution < -0.4 is 11.1 Å². The fourth-order valence-corrected chi connectivity index (χ4v) is 2.21.